The van der Waals surface area contributed by atoms with Gasteiger partial charge in [-0.1, -0.05) is 111 Å². The third-order valence-electron chi connectivity index (χ3n) is 17.1. The molecular weight excluding hydrogens is 1120 g/mol. The van der Waals surface area contributed by atoms with Gasteiger partial charge in [-0.2, -0.15) is 0 Å². The fraction of sp³-hybridized carbons (Fsp3) is 0.619. The molecule has 0 aromatic heterocycles. The Morgan fingerprint density at radius 3 is 1.86 bits per heavy atom. The van der Waals surface area contributed by atoms with Crippen LogP contribution < -0.4 is 31.9 Å². The number of ether oxygens (including phenoxy) is 3. The van der Waals surface area contributed by atoms with E-state index in [4.69, 9.17) is 14.2 Å². The summed E-state index contributed by atoms with van der Waals surface area (Å²) in [6.45, 7) is 19.7. The zero-order valence-corrected chi connectivity index (χ0v) is 53.2. The molecule has 0 spiro atoms. The van der Waals surface area contributed by atoms with Crippen molar-refractivity contribution < 1.29 is 67.3 Å². The number of aliphatic hydroxyl groups is 1. The molecule has 0 unspecified atom stereocenters. The van der Waals surface area contributed by atoms with Crippen LogP contribution in [0.4, 0.5) is 10.5 Å². The minimum atomic E-state index is -1.50. The number of likely N-dealkylation sites (tertiary alicyclic amines) is 1. The molecule has 10 amide bonds. The largest absolute Gasteiger partial charge is 0.445 e. The van der Waals surface area contributed by atoms with E-state index in [0.29, 0.717) is 42.6 Å². The molecule has 24 nitrogen and oxygen atoms in total. The molecule has 12 atom stereocenters. The topological polar surface area (TPSA) is 304 Å². The fourth-order valence-electron chi connectivity index (χ4n) is 11.7. The van der Waals surface area contributed by atoms with E-state index in [1.54, 1.807) is 109 Å². The second kappa shape index (κ2) is 31.6. The van der Waals surface area contributed by atoms with E-state index in [9.17, 15) is 53.1 Å². The van der Waals surface area contributed by atoms with Crippen molar-refractivity contribution in [2.45, 2.75) is 175 Å². The van der Waals surface area contributed by atoms with Gasteiger partial charge in [-0.3, -0.25) is 53.0 Å². The van der Waals surface area contributed by atoms with Gasteiger partial charge in [0, 0.05) is 65.8 Å². The molecule has 3 aliphatic heterocycles. The number of imide groups is 1. The lowest BCUT2D eigenvalue weighted by molar-refractivity contribution is -0.156. The maximum Gasteiger partial charge on any atom is 0.410 e. The molecular formula is C63H94N10O14. The van der Waals surface area contributed by atoms with E-state index in [-0.39, 0.29) is 43.8 Å². The summed E-state index contributed by atoms with van der Waals surface area (Å²) in [6.07, 6.45) is 0.832. The highest BCUT2D eigenvalue weighted by Gasteiger charge is 2.55. The van der Waals surface area contributed by atoms with Crippen molar-refractivity contribution in [3.05, 3.63) is 77.9 Å². The number of aliphatic hydroxyl groups excluding tert-OH is 1. The molecule has 0 saturated carbocycles. The van der Waals surface area contributed by atoms with Gasteiger partial charge < -0.3 is 61.0 Å². The molecule has 24 heteroatoms. The van der Waals surface area contributed by atoms with Crippen molar-refractivity contribution in [2.24, 2.45) is 29.6 Å². The summed E-state index contributed by atoms with van der Waals surface area (Å²) in [5.74, 6) is -6.82. The van der Waals surface area contributed by atoms with Crippen LogP contribution in [0.15, 0.2) is 66.7 Å². The van der Waals surface area contributed by atoms with Gasteiger partial charge in [-0.25, -0.2) is 4.79 Å². The molecule has 7 N–H and O–H groups in total. The molecule has 5 rings (SSSR count). The standard InChI is InChI=1S/C63H94N10O14/c1-16-38(8)53(46(85-14)31-49(76)72-30-20-23-45(72)55(86-15)39(9)56(78)65-40(10)54(77)43-21-18-17-19-22-43)70(12)60(82)51(36(4)5)68-59(81)52(37(6)7)71(13)62(84)87-32-42-24-26-44(27-25-42)67-57(79)41(11)66-58(80)50(35(2)3)69-61(83)63(33-64-34-63)73-47(74)28-29-48(73)75/h17-19,21-22,24-29,35-41,45-46,50-55,64,77H,16,20,23,30-34H2,1-15H3,(H,65,78)(H,66,80)(H,67,79)(H,68,81)(H,69,83)/t38-,39+,40+,41-,45-,46+,50-,51-,52-,53-,54+,55+/m0/s1. The van der Waals surface area contributed by atoms with Crippen molar-refractivity contribution in [2.75, 3.05) is 53.3 Å². The average molecular weight is 1220 g/mol. The summed E-state index contributed by atoms with van der Waals surface area (Å²) in [6, 6.07) is 9.54. The first-order chi connectivity index (χ1) is 41.0. The van der Waals surface area contributed by atoms with Crippen LogP contribution in [0.3, 0.4) is 0 Å². The SMILES string of the molecule is CC[C@H](C)[C@@H]([C@@H](CC(=O)N1CCC[C@H]1[C@H](OC)[C@@H](C)C(=O)N[C@H](C)[C@@H](O)c1ccccc1)OC)N(C)C(=O)[C@@H](NC(=O)[C@H](C(C)C)N(C)C(=O)OCc1ccc(NC(=O)[C@H](C)NC(=O)[C@@H](NC(=O)C2(N3C(=O)C=CC3=O)CNC2)C(C)C)cc1)C(C)C. The Bertz CT molecular complexity index is 2760. The number of rotatable bonds is 30. The Kier molecular flexibility index (Phi) is 25.6. The molecule has 0 aliphatic carbocycles. The normalized spacial score (nSPS) is 19.3. The quantitative estimate of drug-likeness (QED) is 0.0552. The molecule has 3 aliphatic rings. The number of methoxy groups -OCH3 is 2. The van der Waals surface area contributed by atoms with E-state index in [1.807, 2.05) is 32.0 Å². The zero-order chi connectivity index (χ0) is 64.8. The maximum absolute atomic E-state index is 14.8. The van der Waals surface area contributed by atoms with Crippen molar-refractivity contribution in [1.29, 1.82) is 0 Å². The van der Waals surface area contributed by atoms with Gasteiger partial charge in [-0.05, 0) is 73.6 Å². The summed E-state index contributed by atoms with van der Waals surface area (Å²) >= 11 is 0. The summed E-state index contributed by atoms with van der Waals surface area (Å²) in [5.41, 5.74) is 0.0810. The second-order valence-corrected chi connectivity index (χ2v) is 24.4. The molecule has 2 fully saturated rings. The van der Waals surface area contributed by atoms with Crippen LogP contribution in [0.2, 0.25) is 0 Å². The Labute approximate surface area is 511 Å². The average Bonchev–Trinajstić information content (AvgIpc) is 1.76. The van der Waals surface area contributed by atoms with Crippen LogP contribution in [0.1, 0.15) is 119 Å². The first-order valence-electron chi connectivity index (χ1n) is 30.2. The summed E-state index contributed by atoms with van der Waals surface area (Å²) < 4.78 is 17.7. The van der Waals surface area contributed by atoms with Gasteiger partial charge >= 0.3 is 6.09 Å². The first kappa shape index (κ1) is 70.5. The van der Waals surface area contributed by atoms with E-state index in [1.165, 1.54) is 33.1 Å². The van der Waals surface area contributed by atoms with Gasteiger partial charge in [0.2, 0.25) is 41.4 Å². The smallest absolute Gasteiger partial charge is 0.410 e. The Morgan fingerprint density at radius 2 is 1.33 bits per heavy atom. The number of anilines is 1. The van der Waals surface area contributed by atoms with E-state index < -0.39 is 137 Å². The van der Waals surface area contributed by atoms with Gasteiger partial charge in [0.25, 0.3) is 11.8 Å². The number of carbonyl (C=O) groups is 10. The zero-order valence-electron chi connectivity index (χ0n) is 53.2. The predicted molar refractivity (Wildman–Crippen MR) is 325 cm³/mol. The molecule has 0 radical (unpaired) electrons. The monoisotopic (exact) mass is 1210 g/mol. The maximum atomic E-state index is 14.8. The third-order valence-corrected chi connectivity index (χ3v) is 17.1. The third kappa shape index (κ3) is 17.1. The van der Waals surface area contributed by atoms with Gasteiger partial charge in [0.1, 0.15) is 30.8 Å². The number of benzene rings is 2. The van der Waals surface area contributed by atoms with Crippen molar-refractivity contribution in [3.63, 3.8) is 0 Å². The van der Waals surface area contributed by atoms with E-state index in [0.717, 1.165) is 17.1 Å². The molecule has 2 aromatic rings. The number of hydrogen-bond acceptors (Lipinski definition) is 15. The highest BCUT2D eigenvalue weighted by molar-refractivity contribution is 6.16. The number of nitrogens with zero attached hydrogens (tertiary/aromatic N) is 4. The predicted octanol–water partition coefficient (Wildman–Crippen LogP) is 3.43. The number of amides is 10. The van der Waals surface area contributed by atoms with Gasteiger partial charge in [-0.15, -0.1) is 0 Å². The number of carbonyl (C=O) groups excluding carboxylic acids is 10. The van der Waals surface area contributed by atoms with Crippen LogP contribution in [0.5, 0.6) is 0 Å². The lowest BCUT2D eigenvalue weighted by Crippen LogP contribution is -2.77. The number of hydrogen-bond donors (Lipinski definition) is 7. The van der Waals surface area contributed by atoms with Crippen LogP contribution >= 0.6 is 0 Å². The highest BCUT2D eigenvalue weighted by Crippen LogP contribution is 2.31. The Balaban J connectivity index is 1.16. The first-order valence-corrected chi connectivity index (χ1v) is 30.2. The van der Waals surface area contributed by atoms with Crippen LogP contribution in [-0.4, -0.2) is 192 Å². The minimum Gasteiger partial charge on any atom is -0.445 e. The van der Waals surface area contributed by atoms with Crippen LogP contribution in [0, 0.1) is 29.6 Å². The lowest BCUT2D eigenvalue weighted by Gasteiger charge is -2.46. The second-order valence-electron chi connectivity index (χ2n) is 24.4. The van der Waals surface area contributed by atoms with Crippen molar-refractivity contribution in [1.82, 2.24) is 46.2 Å². The summed E-state index contributed by atoms with van der Waals surface area (Å²) in [4.78, 5) is 141. The highest BCUT2D eigenvalue weighted by atomic mass is 16.6. The van der Waals surface area contributed by atoms with Crippen molar-refractivity contribution in [3.8, 4) is 0 Å². The summed E-state index contributed by atoms with van der Waals surface area (Å²) in [7, 11) is 6.09. The van der Waals surface area contributed by atoms with Crippen LogP contribution in [0.25, 0.3) is 0 Å². The lowest BCUT2D eigenvalue weighted by atomic mass is 9.88. The summed E-state index contributed by atoms with van der Waals surface area (Å²) in [5, 5.41) is 27.8. The van der Waals surface area contributed by atoms with Gasteiger partial charge in [0.05, 0.1) is 48.8 Å². The fourth-order valence-corrected chi connectivity index (χ4v) is 11.7. The van der Waals surface area contributed by atoms with E-state index >= 15 is 0 Å². The van der Waals surface area contributed by atoms with Crippen molar-refractivity contribution >= 4 is 64.9 Å². The minimum absolute atomic E-state index is 0.0172. The molecule has 0 bridgehead atoms. The molecule has 480 valence electrons. The Hall–Kier alpha value is -7.28. The van der Waals surface area contributed by atoms with E-state index in [2.05, 4.69) is 31.9 Å². The Morgan fingerprint density at radius 1 is 0.724 bits per heavy atom. The molecule has 2 saturated heterocycles. The number of nitrogens with one attached hydrogen (secondary N) is 6. The molecule has 2 aromatic carbocycles. The molecule has 3 heterocycles. The molecule has 87 heavy (non-hydrogen) atoms. The van der Waals surface area contributed by atoms with Gasteiger partial charge in [0.15, 0.2) is 5.54 Å². The number of likely N-dealkylation sites (N-methyl/N-ethyl adjacent to an activating group) is 2. The van der Waals surface area contributed by atoms with Crippen LogP contribution in [-0.2, 0) is 64.0 Å².